The number of hydrogen-bond acceptors (Lipinski definition) is 6. The van der Waals surface area contributed by atoms with Crippen LogP contribution in [0.1, 0.15) is 67.4 Å². The SMILES string of the molecule is COC1/C=C/CC(C)C(C)S(=O)NC(=O)c2ccc3c(c2)N(CC2CCC21)C[C@@]1(CCCc2cc(Cl)ccc21)CO3.c1ccncc1. The zero-order valence-electron chi connectivity index (χ0n) is 27.6. The van der Waals surface area contributed by atoms with E-state index in [1.165, 1.54) is 11.1 Å². The molecule has 1 saturated carbocycles. The molecule has 9 heteroatoms. The fourth-order valence-corrected chi connectivity index (χ4v) is 8.79. The molecule has 4 aliphatic rings. The number of nitrogens with zero attached hydrogens (tertiary/aromatic N) is 2. The topological polar surface area (TPSA) is 80.8 Å². The maximum Gasteiger partial charge on any atom is 0.263 e. The van der Waals surface area contributed by atoms with Crippen LogP contribution in [0.3, 0.4) is 0 Å². The molecular formula is C38H46ClN3O4S. The van der Waals surface area contributed by atoms with Crippen LogP contribution in [-0.2, 0) is 27.6 Å². The van der Waals surface area contributed by atoms with Gasteiger partial charge in [-0.1, -0.05) is 42.8 Å². The summed E-state index contributed by atoms with van der Waals surface area (Å²) >= 11 is 6.41. The molecule has 7 rings (SSSR count). The van der Waals surface area contributed by atoms with Crippen molar-refractivity contribution in [1.82, 2.24) is 9.71 Å². The van der Waals surface area contributed by atoms with Crippen LogP contribution in [0.15, 0.2) is 79.1 Å². The number of anilines is 1. The fourth-order valence-electron chi connectivity index (χ4n) is 7.57. The molecule has 3 heterocycles. The van der Waals surface area contributed by atoms with Crippen LogP contribution >= 0.6 is 11.6 Å². The zero-order chi connectivity index (χ0) is 33.0. The summed E-state index contributed by atoms with van der Waals surface area (Å²) < 4.78 is 28.5. The number of ether oxygens (including phenoxy) is 2. The highest BCUT2D eigenvalue weighted by molar-refractivity contribution is 7.84. The molecule has 0 radical (unpaired) electrons. The van der Waals surface area contributed by atoms with Gasteiger partial charge in [-0.15, -0.1) is 0 Å². The van der Waals surface area contributed by atoms with E-state index in [0.717, 1.165) is 68.1 Å². The van der Waals surface area contributed by atoms with Crippen LogP contribution in [0.5, 0.6) is 5.75 Å². The van der Waals surface area contributed by atoms with Crippen molar-refractivity contribution in [2.75, 3.05) is 31.7 Å². The van der Waals surface area contributed by atoms with Gasteiger partial charge in [-0.05, 0) is 117 Å². The second kappa shape index (κ2) is 14.9. The first-order chi connectivity index (χ1) is 22.8. The van der Waals surface area contributed by atoms with Crippen molar-refractivity contribution >= 4 is 34.2 Å². The third-order valence-corrected chi connectivity index (χ3v) is 12.4. The van der Waals surface area contributed by atoms with Crippen molar-refractivity contribution in [2.45, 2.75) is 69.1 Å². The lowest BCUT2D eigenvalue weighted by Crippen LogP contribution is -2.49. The van der Waals surface area contributed by atoms with E-state index in [2.05, 4.69) is 45.8 Å². The number of methoxy groups -OCH3 is 1. The number of aryl methyl sites for hydroxylation is 1. The fraction of sp³-hybridized carbons (Fsp3) is 0.474. The number of pyridine rings is 1. The van der Waals surface area contributed by atoms with Gasteiger partial charge in [0.1, 0.15) is 16.7 Å². The maximum absolute atomic E-state index is 13.3. The van der Waals surface area contributed by atoms with Crippen LogP contribution < -0.4 is 14.4 Å². The first kappa shape index (κ1) is 33.7. The van der Waals surface area contributed by atoms with Crippen molar-refractivity contribution < 1.29 is 18.5 Å². The largest absolute Gasteiger partial charge is 0.490 e. The van der Waals surface area contributed by atoms with E-state index in [-0.39, 0.29) is 28.6 Å². The van der Waals surface area contributed by atoms with Gasteiger partial charge in [0.05, 0.1) is 23.6 Å². The van der Waals surface area contributed by atoms with E-state index in [1.807, 2.05) is 43.3 Å². The highest BCUT2D eigenvalue weighted by Gasteiger charge is 2.44. The summed E-state index contributed by atoms with van der Waals surface area (Å²) in [6.45, 7) is 6.27. The Bertz CT molecular complexity index is 1580. The summed E-state index contributed by atoms with van der Waals surface area (Å²) in [7, 11) is 0.305. The number of halogens is 1. The quantitative estimate of drug-likeness (QED) is 0.273. The van der Waals surface area contributed by atoms with Gasteiger partial charge in [0.25, 0.3) is 5.91 Å². The molecule has 2 aliphatic heterocycles. The lowest BCUT2D eigenvalue weighted by Gasteiger charge is -2.46. The molecule has 7 atom stereocenters. The van der Waals surface area contributed by atoms with Gasteiger partial charge in [-0.25, -0.2) is 4.21 Å². The van der Waals surface area contributed by atoms with Crippen molar-refractivity contribution in [2.24, 2.45) is 17.8 Å². The second-order valence-electron chi connectivity index (χ2n) is 13.6. The Hall–Kier alpha value is -3.20. The lowest BCUT2D eigenvalue weighted by molar-refractivity contribution is 0.0131. The number of benzene rings is 2. The van der Waals surface area contributed by atoms with Gasteiger partial charge in [-0.3, -0.25) is 14.5 Å². The monoisotopic (exact) mass is 675 g/mol. The van der Waals surface area contributed by atoms with Crippen LogP contribution in [0.25, 0.3) is 0 Å². The molecule has 2 aromatic carbocycles. The summed E-state index contributed by atoms with van der Waals surface area (Å²) in [6.07, 6.45) is 14.1. The van der Waals surface area contributed by atoms with E-state index in [0.29, 0.717) is 24.0 Å². The van der Waals surface area contributed by atoms with Crippen molar-refractivity contribution in [3.8, 4) is 5.75 Å². The molecule has 1 N–H and O–H groups in total. The number of rotatable bonds is 1. The van der Waals surface area contributed by atoms with Gasteiger partial charge in [0.2, 0.25) is 0 Å². The van der Waals surface area contributed by atoms with Crippen molar-refractivity contribution in [1.29, 1.82) is 0 Å². The summed E-state index contributed by atoms with van der Waals surface area (Å²) in [4.78, 5) is 19.6. The Morgan fingerprint density at radius 3 is 2.64 bits per heavy atom. The summed E-state index contributed by atoms with van der Waals surface area (Å²) in [5.74, 6) is 1.53. The number of amides is 1. The number of nitrogens with one attached hydrogen (secondary N) is 1. The molecule has 7 nitrogen and oxygen atoms in total. The van der Waals surface area contributed by atoms with E-state index >= 15 is 0 Å². The van der Waals surface area contributed by atoms with Crippen LogP contribution in [-0.4, -0.2) is 53.3 Å². The molecule has 1 fully saturated rings. The van der Waals surface area contributed by atoms with Gasteiger partial charge in [-0.2, -0.15) is 0 Å². The number of carbonyl (C=O) groups excluding carboxylic acids is 1. The van der Waals surface area contributed by atoms with E-state index < -0.39 is 11.0 Å². The van der Waals surface area contributed by atoms with E-state index in [1.54, 1.807) is 25.6 Å². The smallest absolute Gasteiger partial charge is 0.263 e. The molecule has 250 valence electrons. The van der Waals surface area contributed by atoms with E-state index in [9.17, 15) is 9.00 Å². The average Bonchev–Trinajstić information content (AvgIpc) is 3.23. The van der Waals surface area contributed by atoms with E-state index in [4.69, 9.17) is 21.1 Å². The minimum atomic E-state index is -1.50. The number of allylic oxidation sites excluding steroid dienone is 1. The Labute approximate surface area is 286 Å². The van der Waals surface area contributed by atoms with Crippen LogP contribution in [0.2, 0.25) is 5.02 Å². The highest BCUT2D eigenvalue weighted by atomic mass is 35.5. The summed E-state index contributed by atoms with van der Waals surface area (Å²) in [6, 6.07) is 17.7. The molecule has 1 aromatic heterocycles. The number of aromatic nitrogens is 1. The number of carbonyl (C=O) groups is 1. The van der Waals surface area contributed by atoms with Crippen molar-refractivity contribution in [3.05, 3.63) is 101 Å². The highest BCUT2D eigenvalue weighted by Crippen LogP contribution is 2.47. The Morgan fingerprint density at radius 2 is 1.94 bits per heavy atom. The Morgan fingerprint density at radius 1 is 1.11 bits per heavy atom. The first-order valence-electron chi connectivity index (χ1n) is 16.8. The van der Waals surface area contributed by atoms with Gasteiger partial charge >= 0.3 is 0 Å². The third-order valence-electron chi connectivity index (χ3n) is 10.7. The summed E-state index contributed by atoms with van der Waals surface area (Å²) in [5, 5.41) is 0.589. The Kier molecular flexibility index (Phi) is 10.7. The average molecular weight is 676 g/mol. The van der Waals surface area contributed by atoms with Gasteiger partial charge < -0.3 is 14.4 Å². The van der Waals surface area contributed by atoms with Crippen LogP contribution in [0, 0.1) is 17.8 Å². The minimum Gasteiger partial charge on any atom is -0.490 e. The molecular weight excluding hydrogens is 630 g/mol. The molecule has 47 heavy (non-hydrogen) atoms. The molecule has 2 aliphatic carbocycles. The standard InChI is InChI=1S/C33H41ClN2O4S.C5H5N/c1-21-6-4-8-30(39-3)27-12-9-25(27)18-36-19-33(15-5-7-23-16-26(34)11-13-28(23)33)20-40-31-14-10-24(17-29(31)36)32(37)35-41(38)22(21)2;1-2-4-6-5-3-1/h4,8,10-11,13-14,16-17,21-22,25,27,30H,5-7,9,12,15,18-20H2,1-3H3,(H,35,37);1-5H/b8-4+;/t21?,22?,25?,27?,30?,33-,41?;/m0./s1. The van der Waals surface area contributed by atoms with Crippen molar-refractivity contribution in [3.63, 3.8) is 0 Å². The maximum atomic E-state index is 13.3. The first-order valence-corrected chi connectivity index (χ1v) is 18.4. The second-order valence-corrected chi connectivity index (χ2v) is 15.6. The van der Waals surface area contributed by atoms with Crippen LogP contribution in [0.4, 0.5) is 5.69 Å². The molecule has 1 spiro atoms. The summed E-state index contributed by atoms with van der Waals surface area (Å²) in [5.41, 5.74) is 3.90. The molecule has 3 aromatic rings. The minimum absolute atomic E-state index is 0.0508. The predicted octanol–water partition coefficient (Wildman–Crippen LogP) is 7.31. The van der Waals surface area contributed by atoms with Gasteiger partial charge in [0, 0.05) is 48.6 Å². The molecule has 0 saturated heterocycles. The third kappa shape index (κ3) is 7.45. The van der Waals surface area contributed by atoms with Gasteiger partial charge in [0.15, 0.2) is 0 Å². The Balaban J connectivity index is 0.000000580. The number of hydrogen-bond donors (Lipinski definition) is 1. The zero-order valence-corrected chi connectivity index (χ0v) is 29.1. The molecule has 6 unspecified atom stereocenters. The molecule has 1 amide bonds. The molecule has 2 bridgehead atoms. The number of fused-ring (bicyclic) bond motifs is 4. The predicted molar refractivity (Wildman–Crippen MR) is 189 cm³/mol. The lowest BCUT2D eigenvalue weighted by atomic mass is 9.68. The normalized spacial score (nSPS) is 31.0.